The number of nitrogens with two attached hydrogens (primary N) is 1. The second-order valence-corrected chi connectivity index (χ2v) is 4.48. The van der Waals surface area contributed by atoms with Crippen molar-refractivity contribution in [3.63, 3.8) is 0 Å². The smallest absolute Gasteiger partial charge is 0.254 e. The maximum atomic E-state index is 12.3. The molecule has 1 amide bonds. The molecule has 1 aromatic carbocycles. The minimum absolute atomic E-state index is 0.0418. The minimum atomic E-state index is -0.0825. The van der Waals surface area contributed by atoms with Crippen LogP contribution < -0.4 is 5.73 Å². The van der Waals surface area contributed by atoms with Gasteiger partial charge < -0.3 is 20.5 Å². The summed E-state index contributed by atoms with van der Waals surface area (Å²) in [5.41, 5.74) is 6.84. The Balaban J connectivity index is 2.12. The van der Waals surface area contributed by atoms with Gasteiger partial charge in [0.15, 0.2) is 0 Å². The number of ether oxygens (including phenoxy) is 1. The highest BCUT2D eigenvalue weighted by atomic mass is 16.5. The monoisotopic (exact) mass is 250 g/mol. The van der Waals surface area contributed by atoms with Crippen molar-refractivity contribution in [2.75, 3.05) is 26.2 Å². The first-order chi connectivity index (χ1) is 8.61. The summed E-state index contributed by atoms with van der Waals surface area (Å²) in [6.07, 6.45) is -0.0825. The number of phenols is 1. The molecule has 5 heteroatoms. The van der Waals surface area contributed by atoms with Crippen LogP contribution in [0.15, 0.2) is 18.2 Å². The van der Waals surface area contributed by atoms with Gasteiger partial charge in [0.1, 0.15) is 5.75 Å². The zero-order valence-electron chi connectivity index (χ0n) is 10.4. The second-order valence-electron chi connectivity index (χ2n) is 4.48. The molecule has 0 aromatic heterocycles. The zero-order chi connectivity index (χ0) is 13.1. The van der Waals surface area contributed by atoms with Crippen molar-refractivity contribution < 1.29 is 14.6 Å². The summed E-state index contributed by atoms with van der Waals surface area (Å²) in [7, 11) is 0. The molecular formula is C13H18N2O3. The van der Waals surface area contributed by atoms with Crippen LogP contribution in [0.5, 0.6) is 5.75 Å². The highest BCUT2D eigenvalue weighted by molar-refractivity contribution is 5.94. The van der Waals surface area contributed by atoms with E-state index in [0.29, 0.717) is 37.4 Å². The van der Waals surface area contributed by atoms with Gasteiger partial charge in [-0.1, -0.05) is 0 Å². The molecule has 0 bridgehead atoms. The van der Waals surface area contributed by atoms with Crippen molar-refractivity contribution in [3.8, 4) is 5.75 Å². The van der Waals surface area contributed by atoms with Crippen LogP contribution in [-0.4, -0.2) is 48.3 Å². The summed E-state index contributed by atoms with van der Waals surface area (Å²) in [5, 5.41) is 9.45. The number of benzene rings is 1. The highest BCUT2D eigenvalue weighted by Crippen LogP contribution is 2.19. The Morgan fingerprint density at radius 2 is 2.39 bits per heavy atom. The molecule has 2 rings (SSSR count). The predicted molar refractivity (Wildman–Crippen MR) is 67.5 cm³/mol. The van der Waals surface area contributed by atoms with Crippen LogP contribution in [0.1, 0.15) is 15.9 Å². The normalized spacial score (nSPS) is 19.9. The minimum Gasteiger partial charge on any atom is -0.508 e. The first-order valence-electron chi connectivity index (χ1n) is 6.02. The van der Waals surface area contributed by atoms with Gasteiger partial charge in [0.05, 0.1) is 12.7 Å². The van der Waals surface area contributed by atoms with E-state index in [-0.39, 0.29) is 17.8 Å². The predicted octanol–water partition coefficient (Wildman–Crippen LogP) is 0.500. The summed E-state index contributed by atoms with van der Waals surface area (Å²) >= 11 is 0. The number of carbonyl (C=O) groups excluding carboxylic acids is 1. The Labute approximate surface area is 106 Å². The first kappa shape index (κ1) is 12.9. The third-order valence-electron chi connectivity index (χ3n) is 3.13. The average molecular weight is 250 g/mol. The average Bonchev–Trinajstić information content (AvgIpc) is 2.41. The molecule has 1 fully saturated rings. The van der Waals surface area contributed by atoms with Gasteiger partial charge in [-0.25, -0.2) is 0 Å². The lowest BCUT2D eigenvalue weighted by atomic mass is 10.1. The quantitative estimate of drug-likeness (QED) is 0.801. The Kier molecular flexibility index (Phi) is 3.84. The van der Waals surface area contributed by atoms with Crippen molar-refractivity contribution in [2.45, 2.75) is 13.0 Å². The molecule has 98 valence electrons. The summed E-state index contributed by atoms with van der Waals surface area (Å²) in [5.74, 6) is 0.160. The third-order valence-corrected chi connectivity index (χ3v) is 3.13. The van der Waals surface area contributed by atoms with E-state index >= 15 is 0 Å². The second kappa shape index (κ2) is 5.37. The third kappa shape index (κ3) is 2.63. The van der Waals surface area contributed by atoms with Gasteiger partial charge in [0.25, 0.3) is 5.91 Å². The van der Waals surface area contributed by atoms with Gasteiger partial charge in [-0.05, 0) is 30.7 Å². The summed E-state index contributed by atoms with van der Waals surface area (Å²) in [4.78, 5) is 14.0. The molecular weight excluding hydrogens is 232 g/mol. The molecule has 18 heavy (non-hydrogen) atoms. The fraction of sp³-hybridized carbons (Fsp3) is 0.462. The standard InChI is InChI=1S/C13H18N2O3/c1-9-6-10(2-3-12(9)16)13(17)15-4-5-18-11(7-14)8-15/h2-3,6,11,16H,4-5,7-8,14H2,1H3. The number of morpholine rings is 1. The van der Waals surface area contributed by atoms with Crippen molar-refractivity contribution in [1.29, 1.82) is 0 Å². The van der Waals surface area contributed by atoms with Gasteiger partial charge in [-0.15, -0.1) is 0 Å². The fourth-order valence-electron chi connectivity index (χ4n) is 2.02. The van der Waals surface area contributed by atoms with E-state index in [1.165, 1.54) is 0 Å². The van der Waals surface area contributed by atoms with Gasteiger partial charge in [-0.2, -0.15) is 0 Å². The molecule has 0 saturated carbocycles. The van der Waals surface area contributed by atoms with E-state index in [4.69, 9.17) is 10.5 Å². The van der Waals surface area contributed by atoms with Crippen molar-refractivity contribution in [2.24, 2.45) is 5.73 Å². The maximum absolute atomic E-state index is 12.3. The molecule has 5 nitrogen and oxygen atoms in total. The van der Waals surface area contributed by atoms with E-state index in [1.54, 1.807) is 30.0 Å². The van der Waals surface area contributed by atoms with Crippen molar-refractivity contribution in [1.82, 2.24) is 4.90 Å². The fourth-order valence-corrected chi connectivity index (χ4v) is 2.02. The van der Waals surface area contributed by atoms with Crippen LogP contribution in [0, 0.1) is 6.92 Å². The number of rotatable bonds is 2. The van der Waals surface area contributed by atoms with Crippen LogP contribution in [0.3, 0.4) is 0 Å². The molecule has 1 aliphatic heterocycles. The molecule has 1 saturated heterocycles. The van der Waals surface area contributed by atoms with E-state index in [2.05, 4.69) is 0 Å². The Hall–Kier alpha value is -1.59. The van der Waals surface area contributed by atoms with Crippen molar-refractivity contribution in [3.05, 3.63) is 29.3 Å². The van der Waals surface area contributed by atoms with Gasteiger partial charge in [0, 0.05) is 25.2 Å². The molecule has 1 unspecified atom stereocenters. The number of carbonyl (C=O) groups is 1. The number of amides is 1. The summed E-state index contributed by atoms with van der Waals surface area (Å²) < 4.78 is 5.43. The lowest BCUT2D eigenvalue weighted by Gasteiger charge is -2.32. The number of aromatic hydroxyl groups is 1. The number of aryl methyl sites for hydroxylation is 1. The van der Waals surface area contributed by atoms with E-state index in [9.17, 15) is 9.90 Å². The molecule has 0 aliphatic carbocycles. The van der Waals surface area contributed by atoms with Gasteiger partial charge in [0.2, 0.25) is 0 Å². The van der Waals surface area contributed by atoms with Crippen LogP contribution in [0.2, 0.25) is 0 Å². The van der Waals surface area contributed by atoms with E-state index in [1.807, 2.05) is 0 Å². The number of phenolic OH excluding ortho intramolecular Hbond substituents is 1. The molecule has 1 aliphatic rings. The van der Waals surface area contributed by atoms with Crippen LogP contribution >= 0.6 is 0 Å². The number of nitrogens with zero attached hydrogens (tertiary/aromatic N) is 1. The molecule has 1 atom stereocenters. The Morgan fingerprint density at radius 1 is 1.61 bits per heavy atom. The van der Waals surface area contributed by atoms with Gasteiger partial charge in [-0.3, -0.25) is 4.79 Å². The Bertz CT molecular complexity index is 448. The van der Waals surface area contributed by atoms with Crippen LogP contribution in [0.25, 0.3) is 0 Å². The summed E-state index contributed by atoms with van der Waals surface area (Å²) in [6.45, 7) is 3.81. The zero-order valence-corrected chi connectivity index (χ0v) is 10.4. The lowest BCUT2D eigenvalue weighted by molar-refractivity contribution is -0.0167. The maximum Gasteiger partial charge on any atom is 0.254 e. The molecule has 1 aromatic rings. The lowest BCUT2D eigenvalue weighted by Crippen LogP contribution is -2.48. The van der Waals surface area contributed by atoms with E-state index in [0.717, 1.165) is 0 Å². The van der Waals surface area contributed by atoms with E-state index < -0.39 is 0 Å². The Morgan fingerprint density at radius 3 is 3.06 bits per heavy atom. The number of hydrogen-bond acceptors (Lipinski definition) is 4. The molecule has 0 radical (unpaired) electrons. The molecule has 3 N–H and O–H groups in total. The highest BCUT2D eigenvalue weighted by Gasteiger charge is 2.24. The SMILES string of the molecule is Cc1cc(C(=O)N2CCOC(CN)C2)ccc1O. The van der Waals surface area contributed by atoms with Crippen molar-refractivity contribution >= 4 is 5.91 Å². The molecule has 1 heterocycles. The van der Waals surface area contributed by atoms with Gasteiger partial charge >= 0.3 is 0 Å². The summed E-state index contributed by atoms with van der Waals surface area (Å²) in [6, 6.07) is 4.88. The number of hydrogen-bond donors (Lipinski definition) is 2. The van der Waals surface area contributed by atoms with Crippen LogP contribution in [-0.2, 0) is 4.74 Å². The van der Waals surface area contributed by atoms with Crippen LogP contribution in [0.4, 0.5) is 0 Å². The largest absolute Gasteiger partial charge is 0.508 e. The topological polar surface area (TPSA) is 75.8 Å². The molecule has 0 spiro atoms. The first-order valence-corrected chi connectivity index (χ1v) is 6.02.